The fraction of sp³-hybridized carbons (Fsp3) is 0.0870. The molecule has 0 aromatic heterocycles. The topological polar surface area (TPSA) is 79.8 Å². The van der Waals surface area contributed by atoms with E-state index in [0.717, 1.165) is 16.9 Å². The first kappa shape index (κ1) is 19.8. The van der Waals surface area contributed by atoms with Gasteiger partial charge in [-0.25, -0.2) is 5.43 Å². The van der Waals surface area contributed by atoms with Crippen molar-refractivity contribution in [1.29, 1.82) is 0 Å². The number of hydrogen-bond donors (Lipinski definition) is 2. The maximum Gasteiger partial charge on any atom is 0.329 e. The van der Waals surface area contributed by atoms with Crippen LogP contribution >= 0.6 is 0 Å². The molecule has 6 nitrogen and oxygen atoms in total. The molecule has 3 aromatic carbocycles. The van der Waals surface area contributed by atoms with Gasteiger partial charge in [-0.3, -0.25) is 9.59 Å². The molecule has 0 unspecified atom stereocenters. The molecule has 0 bridgehead atoms. The van der Waals surface area contributed by atoms with E-state index in [2.05, 4.69) is 15.8 Å². The molecule has 0 saturated carbocycles. The van der Waals surface area contributed by atoms with E-state index in [1.165, 1.54) is 6.21 Å². The molecule has 2 N–H and O–H groups in total. The van der Waals surface area contributed by atoms with Crippen molar-refractivity contribution in [3.05, 3.63) is 96.1 Å². The number of nitrogens with zero attached hydrogens (tertiary/aromatic N) is 1. The molecule has 0 aliphatic carbocycles. The Morgan fingerprint density at radius 1 is 0.828 bits per heavy atom. The van der Waals surface area contributed by atoms with Crippen molar-refractivity contribution in [3.8, 4) is 11.5 Å². The van der Waals surface area contributed by atoms with E-state index < -0.39 is 11.8 Å². The lowest BCUT2D eigenvalue weighted by Gasteiger charge is -2.06. The van der Waals surface area contributed by atoms with Gasteiger partial charge in [0.25, 0.3) is 0 Å². The van der Waals surface area contributed by atoms with Gasteiger partial charge in [0, 0.05) is 6.54 Å². The highest BCUT2D eigenvalue weighted by molar-refractivity contribution is 6.35. The molecule has 146 valence electrons. The number of para-hydroxylation sites is 1. The number of hydrogen-bond acceptors (Lipinski definition) is 4. The summed E-state index contributed by atoms with van der Waals surface area (Å²) in [5.74, 6) is -0.169. The Kier molecular flexibility index (Phi) is 7.12. The molecule has 0 aliphatic rings. The van der Waals surface area contributed by atoms with Crippen LogP contribution in [0.25, 0.3) is 0 Å². The van der Waals surface area contributed by atoms with Crippen LogP contribution < -0.4 is 15.5 Å². The van der Waals surface area contributed by atoms with E-state index in [4.69, 9.17) is 4.74 Å². The van der Waals surface area contributed by atoms with Crippen molar-refractivity contribution in [1.82, 2.24) is 10.7 Å². The van der Waals surface area contributed by atoms with Gasteiger partial charge in [-0.15, -0.1) is 0 Å². The molecule has 3 rings (SSSR count). The minimum absolute atomic E-state index is 0.374. The maximum atomic E-state index is 11.8. The van der Waals surface area contributed by atoms with Gasteiger partial charge in [-0.2, -0.15) is 5.10 Å². The minimum Gasteiger partial charge on any atom is -0.457 e. The number of hydrazone groups is 1. The van der Waals surface area contributed by atoms with E-state index in [0.29, 0.717) is 18.7 Å². The summed E-state index contributed by atoms with van der Waals surface area (Å²) < 4.78 is 5.75. The Morgan fingerprint density at radius 2 is 1.52 bits per heavy atom. The summed E-state index contributed by atoms with van der Waals surface area (Å²) in [6.45, 7) is 0.374. The van der Waals surface area contributed by atoms with E-state index in [1.807, 2.05) is 78.9 Å². The minimum atomic E-state index is -0.814. The Morgan fingerprint density at radius 3 is 2.28 bits per heavy atom. The van der Waals surface area contributed by atoms with E-state index >= 15 is 0 Å². The fourth-order valence-electron chi connectivity index (χ4n) is 2.54. The van der Waals surface area contributed by atoms with Crippen molar-refractivity contribution in [2.24, 2.45) is 5.10 Å². The molecule has 0 saturated heterocycles. The number of rotatable bonds is 7. The summed E-state index contributed by atoms with van der Waals surface area (Å²) in [4.78, 5) is 23.6. The first-order valence-electron chi connectivity index (χ1n) is 9.19. The summed E-state index contributed by atoms with van der Waals surface area (Å²) in [5, 5.41) is 6.41. The number of carbonyl (C=O) groups excluding carboxylic acids is 2. The van der Waals surface area contributed by atoms with Gasteiger partial charge in [0.2, 0.25) is 0 Å². The van der Waals surface area contributed by atoms with Crippen LogP contribution in [0, 0.1) is 0 Å². The Bertz CT molecular complexity index is 973. The van der Waals surface area contributed by atoms with Gasteiger partial charge in [0.15, 0.2) is 0 Å². The summed E-state index contributed by atoms with van der Waals surface area (Å²) in [6, 6.07) is 26.4. The highest BCUT2D eigenvalue weighted by Crippen LogP contribution is 2.21. The van der Waals surface area contributed by atoms with Crippen molar-refractivity contribution in [3.63, 3.8) is 0 Å². The third kappa shape index (κ3) is 6.62. The van der Waals surface area contributed by atoms with E-state index in [-0.39, 0.29) is 0 Å². The Balaban J connectivity index is 1.45. The van der Waals surface area contributed by atoms with Crippen molar-refractivity contribution in [2.75, 3.05) is 6.54 Å². The molecule has 2 amide bonds. The number of benzene rings is 3. The fourth-order valence-corrected chi connectivity index (χ4v) is 2.54. The number of ether oxygens (including phenoxy) is 1. The molecule has 0 atom stereocenters. The SMILES string of the molecule is O=C(NCCc1ccccc1)C(=O)N/N=C\c1cccc(Oc2ccccc2)c1. The molecular weight excluding hydrogens is 366 g/mol. The van der Waals surface area contributed by atoms with Crippen LogP contribution in [0.15, 0.2) is 90.0 Å². The average Bonchev–Trinajstić information content (AvgIpc) is 2.75. The molecule has 0 spiro atoms. The van der Waals surface area contributed by atoms with Crippen LogP contribution in [0.3, 0.4) is 0 Å². The van der Waals surface area contributed by atoms with Gasteiger partial charge in [-0.1, -0.05) is 60.7 Å². The largest absolute Gasteiger partial charge is 0.457 e. The maximum absolute atomic E-state index is 11.8. The summed E-state index contributed by atoms with van der Waals surface area (Å²) in [7, 11) is 0. The lowest BCUT2D eigenvalue weighted by atomic mass is 10.1. The quantitative estimate of drug-likeness (QED) is 0.371. The van der Waals surface area contributed by atoms with Crippen LogP contribution in [-0.4, -0.2) is 24.6 Å². The second-order valence-electron chi connectivity index (χ2n) is 6.18. The summed E-state index contributed by atoms with van der Waals surface area (Å²) in [5.41, 5.74) is 4.04. The third-order valence-corrected chi connectivity index (χ3v) is 3.97. The lowest BCUT2D eigenvalue weighted by Crippen LogP contribution is -2.38. The zero-order chi connectivity index (χ0) is 20.3. The van der Waals surface area contributed by atoms with Gasteiger partial charge in [0.1, 0.15) is 11.5 Å². The van der Waals surface area contributed by atoms with Gasteiger partial charge >= 0.3 is 11.8 Å². The standard InChI is InChI=1S/C23H21N3O3/c27-22(24-15-14-18-8-3-1-4-9-18)23(28)26-25-17-19-10-7-13-21(16-19)29-20-11-5-2-6-12-20/h1-13,16-17H,14-15H2,(H,24,27)(H,26,28)/b25-17-. The van der Waals surface area contributed by atoms with Crippen LogP contribution in [-0.2, 0) is 16.0 Å². The normalized spacial score (nSPS) is 10.5. The smallest absolute Gasteiger partial charge is 0.329 e. The summed E-state index contributed by atoms with van der Waals surface area (Å²) in [6.07, 6.45) is 2.10. The predicted octanol–water partition coefficient (Wildman–Crippen LogP) is 3.29. The second kappa shape index (κ2) is 10.4. The molecule has 0 aliphatic heterocycles. The zero-order valence-electron chi connectivity index (χ0n) is 15.7. The monoisotopic (exact) mass is 387 g/mol. The van der Waals surface area contributed by atoms with E-state index in [1.54, 1.807) is 6.07 Å². The summed E-state index contributed by atoms with van der Waals surface area (Å²) >= 11 is 0. The van der Waals surface area contributed by atoms with Crippen molar-refractivity contribution >= 4 is 18.0 Å². The van der Waals surface area contributed by atoms with Crippen molar-refractivity contribution < 1.29 is 14.3 Å². The first-order chi connectivity index (χ1) is 14.2. The lowest BCUT2D eigenvalue weighted by molar-refractivity contribution is -0.139. The van der Waals surface area contributed by atoms with Crippen LogP contribution in [0.1, 0.15) is 11.1 Å². The molecular formula is C23H21N3O3. The Labute approximate surface area is 169 Å². The third-order valence-electron chi connectivity index (χ3n) is 3.97. The van der Waals surface area contributed by atoms with Crippen LogP contribution in [0.5, 0.6) is 11.5 Å². The van der Waals surface area contributed by atoms with Crippen LogP contribution in [0.4, 0.5) is 0 Å². The number of nitrogens with one attached hydrogen (secondary N) is 2. The van der Waals surface area contributed by atoms with E-state index in [9.17, 15) is 9.59 Å². The number of carbonyl (C=O) groups is 2. The second-order valence-corrected chi connectivity index (χ2v) is 6.18. The molecule has 3 aromatic rings. The molecule has 6 heteroatoms. The molecule has 29 heavy (non-hydrogen) atoms. The highest BCUT2D eigenvalue weighted by atomic mass is 16.5. The van der Waals surface area contributed by atoms with Crippen LogP contribution in [0.2, 0.25) is 0 Å². The molecule has 0 fully saturated rings. The predicted molar refractivity (Wildman–Crippen MR) is 112 cm³/mol. The first-order valence-corrected chi connectivity index (χ1v) is 9.19. The zero-order valence-corrected chi connectivity index (χ0v) is 15.7. The molecule has 0 heterocycles. The average molecular weight is 387 g/mol. The Hall–Kier alpha value is -3.93. The number of amides is 2. The van der Waals surface area contributed by atoms with Gasteiger partial charge < -0.3 is 10.1 Å². The van der Waals surface area contributed by atoms with Gasteiger partial charge in [-0.05, 0) is 41.8 Å². The van der Waals surface area contributed by atoms with Crippen molar-refractivity contribution in [2.45, 2.75) is 6.42 Å². The van der Waals surface area contributed by atoms with Gasteiger partial charge in [0.05, 0.1) is 6.21 Å². The molecule has 0 radical (unpaired) electrons. The highest BCUT2D eigenvalue weighted by Gasteiger charge is 2.11.